The molecule has 0 saturated heterocycles. The van der Waals surface area contributed by atoms with Crippen LogP contribution in [0, 0.1) is 5.92 Å². The summed E-state index contributed by atoms with van der Waals surface area (Å²) in [7, 11) is 0. The van der Waals surface area contributed by atoms with Gasteiger partial charge in [0.25, 0.3) is 5.91 Å². The van der Waals surface area contributed by atoms with E-state index in [1.165, 1.54) is 12.1 Å². The van der Waals surface area contributed by atoms with Crippen LogP contribution in [0.25, 0.3) is 0 Å². The van der Waals surface area contributed by atoms with Crippen LogP contribution >= 0.6 is 0 Å². The molecule has 2 heterocycles. The number of hydrazone groups is 1. The van der Waals surface area contributed by atoms with Crippen LogP contribution in [0.4, 0.5) is 18.9 Å². The van der Waals surface area contributed by atoms with Gasteiger partial charge in [-0.25, -0.2) is 0 Å². The zero-order chi connectivity index (χ0) is 16.6. The van der Waals surface area contributed by atoms with Crippen LogP contribution in [-0.2, 0) is 11.0 Å². The zero-order valence-corrected chi connectivity index (χ0v) is 12.1. The lowest BCUT2D eigenvalue weighted by Crippen LogP contribution is -2.25. The molecule has 0 radical (unpaired) electrons. The lowest BCUT2D eigenvalue weighted by atomic mass is 10.0. The number of nitrogens with zero attached hydrogens (tertiary/aromatic N) is 3. The Balaban J connectivity index is 1.94. The van der Waals surface area contributed by atoms with E-state index in [4.69, 9.17) is 0 Å². The molecule has 7 heteroatoms. The van der Waals surface area contributed by atoms with Gasteiger partial charge in [-0.3, -0.25) is 9.78 Å². The number of anilines is 1. The van der Waals surface area contributed by atoms with Crippen molar-refractivity contribution in [1.82, 2.24) is 4.98 Å². The van der Waals surface area contributed by atoms with Crippen LogP contribution < -0.4 is 5.01 Å². The van der Waals surface area contributed by atoms with Gasteiger partial charge in [-0.1, -0.05) is 0 Å². The molecule has 1 amide bonds. The van der Waals surface area contributed by atoms with Crippen molar-refractivity contribution in [2.24, 2.45) is 11.0 Å². The summed E-state index contributed by atoms with van der Waals surface area (Å²) in [6.07, 6.45) is -1.21. The van der Waals surface area contributed by atoms with E-state index in [0.29, 0.717) is 17.0 Å². The first kappa shape index (κ1) is 15.2. The molecule has 2 aromatic rings. The minimum atomic E-state index is -4.41. The minimum Gasteiger partial charge on any atom is -0.272 e. The van der Waals surface area contributed by atoms with Gasteiger partial charge in [0.2, 0.25) is 0 Å². The Morgan fingerprint density at radius 2 is 1.83 bits per heavy atom. The second kappa shape index (κ2) is 5.49. The van der Waals surface area contributed by atoms with Gasteiger partial charge >= 0.3 is 6.18 Å². The van der Waals surface area contributed by atoms with Gasteiger partial charge in [-0.2, -0.15) is 23.3 Å². The topological polar surface area (TPSA) is 45.6 Å². The molecule has 1 aromatic heterocycles. The number of rotatable bonds is 2. The van der Waals surface area contributed by atoms with Gasteiger partial charge < -0.3 is 0 Å². The summed E-state index contributed by atoms with van der Waals surface area (Å²) in [4.78, 5) is 16.3. The third-order valence-corrected chi connectivity index (χ3v) is 3.59. The van der Waals surface area contributed by atoms with Crippen LogP contribution in [0.1, 0.15) is 18.1 Å². The fourth-order valence-electron chi connectivity index (χ4n) is 2.34. The first-order valence-corrected chi connectivity index (χ1v) is 6.88. The molecule has 0 N–H and O–H groups in total. The second-order valence-electron chi connectivity index (χ2n) is 5.14. The van der Waals surface area contributed by atoms with Crippen molar-refractivity contribution in [2.45, 2.75) is 13.1 Å². The summed E-state index contributed by atoms with van der Waals surface area (Å²) in [6, 6.07) is 7.86. The van der Waals surface area contributed by atoms with Crippen LogP contribution in [-0.4, -0.2) is 16.6 Å². The summed E-state index contributed by atoms with van der Waals surface area (Å²) in [5.74, 6) is -0.773. The molecule has 0 aliphatic carbocycles. The number of carbonyl (C=O) groups excluding carboxylic acids is 1. The molecule has 118 valence electrons. The summed E-state index contributed by atoms with van der Waals surface area (Å²) in [5.41, 5.74) is 0.789. The monoisotopic (exact) mass is 319 g/mol. The van der Waals surface area contributed by atoms with Gasteiger partial charge in [0.05, 0.1) is 22.9 Å². The highest BCUT2D eigenvalue weighted by atomic mass is 19.4. The summed E-state index contributed by atoms with van der Waals surface area (Å²) >= 11 is 0. The number of carbonyl (C=O) groups is 1. The SMILES string of the molecule is CC1C(=O)N(c2ccc(C(F)(F)F)cc2)N=C1c1cccnc1. The lowest BCUT2D eigenvalue weighted by Gasteiger charge is -2.14. The van der Waals surface area contributed by atoms with Crippen molar-refractivity contribution in [3.05, 3.63) is 59.9 Å². The van der Waals surface area contributed by atoms with Crippen LogP contribution in [0.3, 0.4) is 0 Å². The molecule has 0 spiro atoms. The smallest absolute Gasteiger partial charge is 0.272 e. The van der Waals surface area contributed by atoms with Gasteiger partial charge in [0, 0.05) is 18.0 Å². The summed E-state index contributed by atoms with van der Waals surface area (Å²) in [6.45, 7) is 1.71. The van der Waals surface area contributed by atoms with Gasteiger partial charge in [-0.15, -0.1) is 0 Å². The Labute approximate surface area is 130 Å². The maximum absolute atomic E-state index is 12.6. The average molecular weight is 319 g/mol. The third-order valence-electron chi connectivity index (χ3n) is 3.59. The van der Waals surface area contributed by atoms with E-state index in [2.05, 4.69) is 10.1 Å². The number of benzene rings is 1. The van der Waals surface area contributed by atoms with Crippen molar-refractivity contribution < 1.29 is 18.0 Å². The van der Waals surface area contributed by atoms with E-state index in [1.54, 1.807) is 31.5 Å². The molecule has 1 atom stereocenters. The molecule has 0 fully saturated rings. The molecule has 3 rings (SSSR count). The highest BCUT2D eigenvalue weighted by Crippen LogP contribution is 2.32. The Kier molecular flexibility index (Phi) is 3.63. The first-order chi connectivity index (χ1) is 10.9. The van der Waals surface area contributed by atoms with E-state index in [-0.39, 0.29) is 5.91 Å². The van der Waals surface area contributed by atoms with E-state index in [9.17, 15) is 18.0 Å². The van der Waals surface area contributed by atoms with Crippen molar-refractivity contribution in [3.63, 3.8) is 0 Å². The largest absolute Gasteiger partial charge is 0.416 e. The van der Waals surface area contributed by atoms with E-state index >= 15 is 0 Å². The van der Waals surface area contributed by atoms with Crippen molar-refractivity contribution in [2.75, 3.05) is 5.01 Å². The fourth-order valence-corrected chi connectivity index (χ4v) is 2.34. The number of hydrogen-bond acceptors (Lipinski definition) is 3. The minimum absolute atomic E-state index is 0.288. The van der Waals surface area contributed by atoms with E-state index in [1.807, 2.05) is 0 Å². The molecule has 1 unspecified atom stereocenters. The van der Waals surface area contributed by atoms with Crippen LogP contribution in [0.2, 0.25) is 0 Å². The number of hydrogen-bond donors (Lipinski definition) is 0. The van der Waals surface area contributed by atoms with E-state index < -0.39 is 17.7 Å². The highest BCUT2D eigenvalue weighted by Gasteiger charge is 2.35. The van der Waals surface area contributed by atoms with Crippen molar-refractivity contribution >= 4 is 17.3 Å². The van der Waals surface area contributed by atoms with Crippen LogP contribution in [0.5, 0.6) is 0 Å². The highest BCUT2D eigenvalue weighted by molar-refractivity contribution is 6.21. The van der Waals surface area contributed by atoms with Crippen molar-refractivity contribution in [3.8, 4) is 0 Å². The van der Waals surface area contributed by atoms with Crippen molar-refractivity contribution in [1.29, 1.82) is 0 Å². The van der Waals surface area contributed by atoms with Gasteiger partial charge in [-0.05, 0) is 43.3 Å². The third kappa shape index (κ3) is 2.81. The summed E-state index contributed by atoms with van der Waals surface area (Å²) in [5, 5.41) is 5.39. The number of aromatic nitrogens is 1. The fraction of sp³-hybridized carbons (Fsp3) is 0.188. The predicted molar refractivity (Wildman–Crippen MR) is 78.9 cm³/mol. The Morgan fingerprint density at radius 1 is 1.13 bits per heavy atom. The molecule has 1 aliphatic rings. The summed E-state index contributed by atoms with van der Waals surface area (Å²) < 4.78 is 37.8. The Morgan fingerprint density at radius 3 is 2.39 bits per heavy atom. The standard InChI is InChI=1S/C16H12F3N3O/c1-10-14(11-3-2-8-20-9-11)21-22(15(10)23)13-6-4-12(5-7-13)16(17,18)19/h2-10H,1H3. The Hall–Kier alpha value is -2.70. The maximum Gasteiger partial charge on any atom is 0.416 e. The van der Waals surface area contributed by atoms with E-state index in [0.717, 1.165) is 17.1 Å². The lowest BCUT2D eigenvalue weighted by molar-refractivity contribution is -0.137. The molecule has 1 aromatic carbocycles. The molecule has 0 bridgehead atoms. The zero-order valence-electron chi connectivity index (χ0n) is 12.1. The second-order valence-corrected chi connectivity index (χ2v) is 5.14. The predicted octanol–water partition coefficient (Wildman–Crippen LogP) is 3.49. The first-order valence-electron chi connectivity index (χ1n) is 6.88. The molecular formula is C16H12F3N3O. The number of halogens is 3. The number of pyridine rings is 1. The molecule has 0 saturated carbocycles. The van der Waals surface area contributed by atoms with Crippen LogP contribution in [0.15, 0.2) is 53.9 Å². The average Bonchev–Trinajstić information content (AvgIpc) is 2.84. The maximum atomic E-state index is 12.6. The Bertz CT molecular complexity index is 754. The molecule has 4 nitrogen and oxygen atoms in total. The van der Waals surface area contributed by atoms with Gasteiger partial charge in [0.15, 0.2) is 0 Å². The normalized spacial score (nSPS) is 18.3. The van der Waals surface area contributed by atoms with Gasteiger partial charge in [0.1, 0.15) is 0 Å². The number of amides is 1. The molecule has 1 aliphatic heterocycles. The number of alkyl halides is 3. The molecule has 23 heavy (non-hydrogen) atoms. The quantitative estimate of drug-likeness (QED) is 0.850. The molecular weight excluding hydrogens is 307 g/mol.